The number of aromatic nitrogens is 2. The first kappa shape index (κ1) is 7.01. The lowest BCUT2D eigenvalue weighted by Gasteiger charge is -2.00. The zero-order valence-corrected chi connectivity index (χ0v) is 6.43. The molecule has 2 N–H and O–H groups in total. The summed E-state index contributed by atoms with van der Waals surface area (Å²) in [5, 5.41) is 0. The van der Waals surface area contributed by atoms with Crippen LogP contribution in [0.3, 0.4) is 0 Å². The van der Waals surface area contributed by atoms with Crippen LogP contribution in [0.5, 0.6) is 0 Å². The lowest BCUT2D eigenvalue weighted by atomic mass is 10.4. The lowest BCUT2D eigenvalue weighted by molar-refractivity contribution is 1.06. The minimum absolute atomic E-state index is 0.355. The summed E-state index contributed by atoms with van der Waals surface area (Å²) >= 11 is 0. The molecule has 1 aromatic heterocycles. The molecule has 0 fully saturated rings. The van der Waals surface area contributed by atoms with E-state index in [-0.39, 0.29) is 5.69 Å². The van der Waals surface area contributed by atoms with Crippen molar-refractivity contribution in [2.24, 2.45) is 0 Å². The predicted molar refractivity (Wildman–Crippen MR) is 39.0 cm³/mol. The highest BCUT2D eigenvalue weighted by Gasteiger charge is 1.94. The van der Waals surface area contributed by atoms with Gasteiger partial charge in [0.15, 0.2) is 10.4 Å². The smallest absolute Gasteiger partial charge is 0.346 e. The molecule has 0 amide bonds. The summed E-state index contributed by atoms with van der Waals surface area (Å²) in [4.78, 5) is 19.2. The summed E-state index contributed by atoms with van der Waals surface area (Å²) in [6.07, 6.45) is 1.50. The van der Waals surface area contributed by atoms with Crippen LogP contribution in [0.4, 0.5) is 5.82 Å². The maximum absolute atomic E-state index is 10.6. The van der Waals surface area contributed by atoms with Crippen LogP contribution in [0.15, 0.2) is 11.0 Å². The number of nitrogens with zero attached hydrogens (tertiary/aromatic N) is 1. The third kappa shape index (κ3) is 1.24. The monoisotopic (exact) mass is 152 g/mol. The van der Waals surface area contributed by atoms with E-state index in [0.29, 0.717) is 5.82 Å². The third-order valence-corrected chi connectivity index (χ3v) is 1.38. The first-order valence-corrected chi connectivity index (χ1v) is 3.22. The van der Waals surface area contributed by atoms with Crippen molar-refractivity contribution in [3.63, 3.8) is 0 Å². The molecule has 0 atom stereocenters. The second-order valence-corrected chi connectivity index (χ2v) is 2.12. The minimum Gasteiger partial charge on any atom is -0.398 e. The molecular weight excluding hydrogens is 146 g/mol. The van der Waals surface area contributed by atoms with Crippen molar-refractivity contribution in [2.75, 3.05) is 4.98 Å². The van der Waals surface area contributed by atoms with Crippen LogP contribution in [-0.2, 0) is 0 Å². The topological polar surface area (TPSA) is 57.8 Å². The zero-order chi connectivity index (χ0) is 7.56. The van der Waals surface area contributed by atoms with Gasteiger partial charge in [-0.3, -0.25) is 4.98 Å². The maximum Gasteiger partial charge on any atom is 0.346 e. The number of rotatable bonds is 1. The molecule has 1 aromatic rings. The van der Waals surface area contributed by atoms with Crippen LogP contribution in [0.1, 0.15) is 5.56 Å². The Kier molecular flexibility index (Phi) is 1.86. The van der Waals surface area contributed by atoms with E-state index in [1.165, 1.54) is 6.20 Å². The number of aryl methyl sites for hydroxylation is 1. The fraction of sp³-hybridized carbons (Fsp3) is 0.200. The molecule has 0 saturated carbocycles. The van der Waals surface area contributed by atoms with Gasteiger partial charge in [-0.25, -0.2) is 9.78 Å². The maximum atomic E-state index is 10.6. The molecule has 0 aliphatic heterocycles. The SMILES string of the molecule is Cc1cnc(=O)[nH]c1N[Si]. The van der Waals surface area contributed by atoms with Crippen LogP contribution < -0.4 is 10.7 Å². The Hall–Kier alpha value is -1.10. The van der Waals surface area contributed by atoms with Gasteiger partial charge in [-0.1, -0.05) is 0 Å². The Morgan fingerprint density at radius 1 is 1.80 bits per heavy atom. The van der Waals surface area contributed by atoms with Gasteiger partial charge in [-0.05, 0) is 6.92 Å². The number of hydrogen-bond donors (Lipinski definition) is 2. The normalized spacial score (nSPS) is 9.40. The molecule has 0 aliphatic rings. The Bertz CT molecular complexity index is 282. The molecule has 1 heterocycles. The number of anilines is 1. The molecule has 4 nitrogen and oxygen atoms in total. The summed E-state index contributed by atoms with van der Waals surface area (Å²) in [7, 11) is 3.04. The Labute approximate surface area is 61.2 Å². The van der Waals surface area contributed by atoms with E-state index >= 15 is 0 Å². The third-order valence-electron chi connectivity index (χ3n) is 1.13. The van der Waals surface area contributed by atoms with E-state index in [1.54, 1.807) is 0 Å². The Balaban J connectivity index is 3.22. The van der Waals surface area contributed by atoms with Gasteiger partial charge in [0.2, 0.25) is 0 Å². The summed E-state index contributed by atoms with van der Waals surface area (Å²) < 4.78 is 0. The van der Waals surface area contributed by atoms with Crippen molar-refractivity contribution < 1.29 is 0 Å². The molecule has 0 unspecified atom stereocenters. The minimum atomic E-state index is -0.355. The molecule has 0 aliphatic carbocycles. The van der Waals surface area contributed by atoms with Crippen molar-refractivity contribution in [3.05, 3.63) is 22.2 Å². The van der Waals surface area contributed by atoms with Crippen LogP contribution in [0, 0.1) is 6.92 Å². The van der Waals surface area contributed by atoms with Gasteiger partial charge in [0, 0.05) is 11.8 Å². The van der Waals surface area contributed by atoms with Gasteiger partial charge in [-0.2, -0.15) is 0 Å². The molecule has 0 bridgehead atoms. The van der Waals surface area contributed by atoms with E-state index < -0.39 is 0 Å². The predicted octanol–water partition coefficient (Wildman–Crippen LogP) is -0.426. The number of H-pyrrole nitrogens is 1. The fourth-order valence-corrected chi connectivity index (χ4v) is 0.847. The standard InChI is InChI=1S/C5H6N3OSi/c1-3-2-6-5(9)7-4(3)8-10/h2H,1H3,(H2,6,7,8,9). The quantitative estimate of drug-likeness (QED) is 0.537. The highest BCUT2D eigenvalue weighted by molar-refractivity contribution is 6.15. The van der Waals surface area contributed by atoms with E-state index in [4.69, 9.17) is 0 Å². The summed E-state index contributed by atoms with van der Waals surface area (Å²) in [6, 6.07) is 0. The van der Waals surface area contributed by atoms with Crippen LogP contribution in [-0.4, -0.2) is 20.4 Å². The van der Waals surface area contributed by atoms with Crippen molar-refractivity contribution in [1.82, 2.24) is 9.97 Å². The highest BCUT2D eigenvalue weighted by Crippen LogP contribution is 2.02. The van der Waals surface area contributed by atoms with Gasteiger partial charge in [0.25, 0.3) is 0 Å². The van der Waals surface area contributed by atoms with Gasteiger partial charge in [-0.15, -0.1) is 0 Å². The molecule has 3 radical (unpaired) electrons. The molecule has 10 heavy (non-hydrogen) atoms. The molecular formula is C5H6N3OSi. The van der Waals surface area contributed by atoms with Gasteiger partial charge < -0.3 is 4.98 Å². The molecule has 5 heteroatoms. The average Bonchev–Trinajstić information content (AvgIpc) is 1.94. The number of nitrogens with one attached hydrogen (secondary N) is 2. The first-order chi connectivity index (χ1) is 4.74. The van der Waals surface area contributed by atoms with Crippen LogP contribution in [0.25, 0.3) is 0 Å². The largest absolute Gasteiger partial charge is 0.398 e. The molecule has 1 rings (SSSR count). The van der Waals surface area contributed by atoms with Crippen molar-refractivity contribution in [2.45, 2.75) is 6.92 Å². The second kappa shape index (κ2) is 2.65. The van der Waals surface area contributed by atoms with E-state index in [2.05, 4.69) is 25.4 Å². The van der Waals surface area contributed by atoms with Crippen molar-refractivity contribution in [3.8, 4) is 0 Å². The summed E-state index contributed by atoms with van der Waals surface area (Å²) in [5.41, 5.74) is 0.529. The molecule has 51 valence electrons. The summed E-state index contributed by atoms with van der Waals surface area (Å²) in [6.45, 7) is 1.84. The van der Waals surface area contributed by atoms with E-state index in [9.17, 15) is 4.79 Å². The first-order valence-electron chi connectivity index (χ1n) is 2.72. The number of hydrogen-bond acceptors (Lipinski definition) is 3. The summed E-state index contributed by atoms with van der Waals surface area (Å²) in [5.74, 6) is 0.636. The van der Waals surface area contributed by atoms with Gasteiger partial charge >= 0.3 is 5.69 Å². The average molecular weight is 152 g/mol. The lowest BCUT2D eigenvalue weighted by Crippen LogP contribution is -2.13. The van der Waals surface area contributed by atoms with Crippen molar-refractivity contribution in [1.29, 1.82) is 0 Å². The Morgan fingerprint density at radius 2 is 2.50 bits per heavy atom. The molecule has 0 spiro atoms. The van der Waals surface area contributed by atoms with Gasteiger partial charge in [0.1, 0.15) is 5.82 Å². The molecule has 0 saturated heterocycles. The molecule has 0 aromatic carbocycles. The van der Waals surface area contributed by atoms with E-state index in [0.717, 1.165) is 5.56 Å². The zero-order valence-electron chi connectivity index (χ0n) is 5.43. The second-order valence-electron chi connectivity index (χ2n) is 1.87. The Morgan fingerprint density at radius 3 is 3.00 bits per heavy atom. The van der Waals surface area contributed by atoms with Gasteiger partial charge in [0.05, 0.1) is 0 Å². The van der Waals surface area contributed by atoms with Crippen molar-refractivity contribution >= 4 is 16.2 Å². The van der Waals surface area contributed by atoms with E-state index in [1.807, 2.05) is 6.92 Å². The number of aromatic amines is 1. The van der Waals surface area contributed by atoms with Crippen LogP contribution in [0.2, 0.25) is 0 Å². The highest BCUT2D eigenvalue weighted by atomic mass is 28.2. The fourth-order valence-electron chi connectivity index (χ4n) is 0.588. The van der Waals surface area contributed by atoms with Crippen LogP contribution >= 0.6 is 0 Å².